The Balaban J connectivity index is 0.00000109. The number of ether oxygens (including phenoxy) is 1. The lowest BCUT2D eigenvalue weighted by atomic mass is 10.1. The Morgan fingerprint density at radius 1 is 1.14 bits per heavy atom. The van der Waals surface area contributed by atoms with Crippen molar-refractivity contribution in [3.8, 4) is 11.4 Å². The highest BCUT2D eigenvalue weighted by atomic mass is 19.1. The number of hydrogen-bond acceptors (Lipinski definition) is 3. The van der Waals surface area contributed by atoms with E-state index in [1.807, 2.05) is 61.0 Å². The van der Waals surface area contributed by atoms with Crippen molar-refractivity contribution in [2.75, 3.05) is 20.2 Å². The van der Waals surface area contributed by atoms with Gasteiger partial charge in [0.15, 0.2) is 0 Å². The number of methoxy groups -OCH3 is 1. The van der Waals surface area contributed by atoms with Crippen molar-refractivity contribution in [1.29, 1.82) is 0 Å². The maximum atomic E-state index is 13.3. The monoisotopic (exact) mass is 383 g/mol. The smallest absolute Gasteiger partial charge is 0.255 e. The Bertz CT molecular complexity index is 929. The Morgan fingerprint density at radius 2 is 1.82 bits per heavy atom. The van der Waals surface area contributed by atoms with Crippen molar-refractivity contribution in [2.45, 2.75) is 32.9 Å². The second-order valence-corrected chi connectivity index (χ2v) is 6.49. The van der Waals surface area contributed by atoms with Crippen LogP contribution in [0.1, 0.15) is 37.0 Å². The number of aromatic nitrogens is 2. The SMILES string of the molecule is CC.COc1ccc(-n2ccc3cc(C(=O)N4CCC(F)CC4)cnc32)cc1. The number of likely N-dealkylation sites (tertiary alicyclic amines) is 1. The van der Waals surface area contributed by atoms with Gasteiger partial charge in [0.05, 0.1) is 12.7 Å². The topological polar surface area (TPSA) is 47.4 Å². The molecule has 0 N–H and O–H groups in total. The third-order valence-electron chi connectivity index (χ3n) is 4.84. The van der Waals surface area contributed by atoms with Gasteiger partial charge in [-0.1, -0.05) is 13.8 Å². The van der Waals surface area contributed by atoms with Crippen LogP contribution in [0.15, 0.2) is 48.8 Å². The molecule has 148 valence electrons. The predicted molar refractivity (Wildman–Crippen MR) is 109 cm³/mol. The number of nitrogens with zero attached hydrogens (tertiary/aromatic N) is 3. The van der Waals surface area contributed by atoms with Crippen LogP contribution in [0, 0.1) is 0 Å². The van der Waals surface area contributed by atoms with Crippen molar-refractivity contribution < 1.29 is 13.9 Å². The molecule has 1 aliphatic rings. The van der Waals surface area contributed by atoms with E-state index < -0.39 is 6.17 Å². The number of carbonyl (C=O) groups is 1. The van der Waals surface area contributed by atoms with E-state index in [4.69, 9.17) is 4.74 Å². The zero-order chi connectivity index (χ0) is 20.1. The highest BCUT2D eigenvalue weighted by molar-refractivity contribution is 5.97. The first kappa shape index (κ1) is 19.9. The van der Waals surface area contributed by atoms with E-state index in [-0.39, 0.29) is 5.91 Å². The molecule has 5 nitrogen and oxygen atoms in total. The van der Waals surface area contributed by atoms with Crippen molar-refractivity contribution in [3.63, 3.8) is 0 Å². The minimum Gasteiger partial charge on any atom is -0.497 e. The maximum Gasteiger partial charge on any atom is 0.255 e. The highest BCUT2D eigenvalue weighted by Crippen LogP contribution is 2.23. The molecule has 6 heteroatoms. The Hall–Kier alpha value is -2.89. The van der Waals surface area contributed by atoms with E-state index in [0.29, 0.717) is 31.5 Å². The summed E-state index contributed by atoms with van der Waals surface area (Å²) in [6.07, 6.45) is 3.57. The van der Waals surface area contributed by atoms with Crippen molar-refractivity contribution in [1.82, 2.24) is 14.5 Å². The highest BCUT2D eigenvalue weighted by Gasteiger charge is 2.23. The number of amides is 1. The molecule has 0 bridgehead atoms. The second-order valence-electron chi connectivity index (χ2n) is 6.49. The average Bonchev–Trinajstić information content (AvgIpc) is 3.18. The molecule has 3 heterocycles. The Morgan fingerprint density at radius 3 is 2.46 bits per heavy atom. The van der Waals surface area contributed by atoms with Gasteiger partial charge in [-0.25, -0.2) is 9.37 Å². The van der Waals surface area contributed by atoms with E-state index >= 15 is 0 Å². The van der Waals surface area contributed by atoms with Crippen LogP contribution in [0.5, 0.6) is 5.75 Å². The second kappa shape index (κ2) is 8.87. The quantitative estimate of drug-likeness (QED) is 0.662. The van der Waals surface area contributed by atoms with Crippen LogP contribution >= 0.6 is 0 Å². The lowest BCUT2D eigenvalue weighted by molar-refractivity contribution is 0.0667. The van der Waals surface area contributed by atoms with Gasteiger partial charge in [0, 0.05) is 36.6 Å². The van der Waals surface area contributed by atoms with E-state index in [1.165, 1.54) is 0 Å². The van der Waals surface area contributed by atoms with Gasteiger partial charge in [-0.15, -0.1) is 0 Å². The number of hydrogen-bond donors (Lipinski definition) is 0. The molecule has 1 aromatic carbocycles. The molecule has 1 amide bonds. The minimum atomic E-state index is -0.793. The van der Waals surface area contributed by atoms with E-state index in [1.54, 1.807) is 18.2 Å². The molecular formula is C22H26FN3O2. The van der Waals surface area contributed by atoms with E-state index in [2.05, 4.69) is 4.98 Å². The minimum absolute atomic E-state index is 0.0801. The molecule has 1 fully saturated rings. The molecule has 4 rings (SSSR count). The maximum absolute atomic E-state index is 13.3. The number of fused-ring (bicyclic) bond motifs is 1. The molecule has 0 saturated carbocycles. The fraction of sp³-hybridized carbons (Fsp3) is 0.364. The summed E-state index contributed by atoms with van der Waals surface area (Å²) < 4.78 is 20.4. The molecule has 0 spiro atoms. The van der Waals surface area contributed by atoms with Gasteiger partial charge in [-0.05, 0) is 49.2 Å². The van der Waals surface area contributed by atoms with Crippen LogP contribution in [0.3, 0.4) is 0 Å². The molecule has 0 aliphatic carbocycles. The fourth-order valence-electron chi connectivity index (χ4n) is 3.33. The molecular weight excluding hydrogens is 357 g/mol. The van der Waals surface area contributed by atoms with Crippen LogP contribution < -0.4 is 4.74 Å². The first-order chi connectivity index (χ1) is 13.7. The third-order valence-corrected chi connectivity index (χ3v) is 4.84. The van der Waals surface area contributed by atoms with Gasteiger partial charge in [0.25, 0.3) is 5.91 Å². The molecule has 1 saturated heterocycles. The first-order valence-corrected chi connectivity index (χ1v) is 9.70. The van der Waals surface area contributed by atoms with Crippen molar-refractivity contribution in [3.05, 3.63) is 54.4 Å². The lowest BCUT2D eigenvalue weighted by Crippen LogP contribution is -2.39. The zero-order valence-electron chi connectivity index (χ0n) is 16.6. The number of halogens is 1. The number of alkyl halides is 1. The summed E-state index contributed by atoms with van der Waals surface area (Å²) in [4.78, 5) is 18.8. The summed E-state index contributed by atoms with van der Waals surface area (Å²) >= 11 is 0. The van der Waals surface area contributed by atoms with Gasteiger partial charge in [0.1, 0.15) is 17.6 Å². The van der Waals surface area contributed by atoms with Crippen LogP contribution in [-0.2, 0) is 0 Å². The van der Waals surface area contributed by atoms with Gasteiger partial charge in [0.2, 0.25) is 0 Å². The summed E-state index contributed by atoms with van der Waals surface area (Å²) in [6.45, 7) is 4.93. The van der Waals surface area contributed by atoms with Gasteiger partial charge in [-0.3, -0.25) is 4.79 Å². The lowest BCUT2D eigenvalue weighted by Gasteiger charge is -2.28. The Kier molecular flexibility index (Phi) is 6.29. The first-order valence-electron chi connectivity index (χ1n) is 9.70. The normalized spacial score (nSPS) is 14.5. The zero-order valence-corrected chi connectivity index (χ0v) is 16.6. The Labute approximate surface area is 164 Å². The molecule has 2 aromatic heterocycles. The summed E-state index contributed by atoms with van der Waals surface area (Å²) in [7, 11) is 1.64. The number of piperidine rings is 1. The van der Waals surface area contributed by atoms with Crippen LogP contribution in [0.2, 0.25) is 0 Å². The molecule has 0 radical (unpaired) electrons. The number of benzene rings is 1. The van der Waals surface area contributed by atoms with E-state index in [0.717, 1.165) is 22.5 Å². The van der Waals surface area contributed by atoms with Gasteiger partial charge >= 0.3 is 0 Å². The van der Waals surface area contributed by atoms with Crippen molar-refractivity contribution >= 4 is 16.9 Å². The fourth-order valence-corrected chi connectivity index (χ4v) is 3.33. The molecule has 0 atom stereocenters. The number of carbonyl (C=O) groups excluding carboxylic acids is 1. The van der Waals surface area contributed by atoms with E-state index in [9.17, 15) is 9.18 Å². The number of rotatable bonds is 3. The summed E-state index contributed by atoms with van der Waals surface area (Å²) in [5, 5.41) is 0.895. The number of pyridine rings is 1. The van der Waals surface area contributed by atoms with Crippen LogP contribution in [-0.4, -0.2) is 46.7 Å². The summed E-state index contributed by atoms with van der Waals surface area (Å²) in [6, 6.07) is 11.5. The van der Waals surface area contributed by atoms with Crippen LogP contribution in [0.25, 0.3) is 16.7 Å². The standard InChI is InChI=1S/C20H20FN3O2.C2H6/c1-26-18-4-2-17(3-5-18)24-11-6-14-12-15(13-22-19(14)24)20(25)23-9-7-16(21)8-10-23;1-2/h2-6,11-13,16H,7-10H2,1H3;1-2H3. The van der Waals surface area contributed by atoms with Crippen molar-refractivity contribution in [2.24, 2.45) is 0 Å². The van der Waals surface area contributed by atoms with Crippen LogP contribution in [0.4, 0.5) is 4.39 Å². The molecule has 0 unspecified atom stereocenters. The largest absolute Gasteiger partial charge is 0.497 e. The van der Waals surface area contributed by atoms with Gasteiger partial charge in [-0.2, -0.15) is 0 Å². The predicted octanol–water partition coefficient (Wildman–Crippen LogP) is 4.63. The summed E-state index contributed by atoms with van der Waals surface area (Å²) in [5.74, 6) is 0.714. The molecule has 3 aromatic rings. The average molecular weight is 383 g/mol. The summed E-state index contributed by atoms with van der Waals surface area (Å²) in [5.41, 5.74) is 2.30. The molecule has 28 heavy (non-hydrogen) atoms. The molecule has 1 aliphatic heterocycles. The third kappa shape index (κ3) is 4.01. The van der Waals surface area contributed by atoms with Gasteiger partial charge < -0.3 is 14.2 Å².